The fourth-order valence-electron chi connectivity index (χ4n) is 0.911. The van der Waals surface area contributed by atoms with Gasteiger partial charge in [-0.05, 0) is 12.8 Å². The maximum absolute atomic E-state index is 9.40. The van der Waals surface area contributed by atoms with E-state index in [2.05, 4.69) is 22.6 Å². The number of unbranched alkanes of at least 4 members (excludes halogenated alkanes) is 1. The Kier molecular flexibility index (Phi) is 9.07. The number of aryl methyl sites for hydroxylation is 1. The summed E-state index contributed by atoms with van der Waals surface area (Å²) >= 11 is 1.67. The SMILES string of the molecule is CCCC=O.CCCc1csc(NC)n1. The predicted molar refractivity (Wildman–Crippen MR) is 66.6 cm³/mol. The molecular formula is C11H20N2OS. The highest BCUT2D eigenvalue weighted by Crippen LogP contribution is 2.14. The number of rotatable bonds is 5. The van der Waals surface area contributed by atoms with Crippen molar-refractivity contribution in [3.63, 3.8) is 0 Å². The Morgan fingerprint density at radius 3 is 2.53 bits per heavy atom. The largest absolute Gasteiger partial charge is 0.365 e. The fourth-order valence-corrected chi connectivity index (χ4v) is 1.62. The molecule has 0 unspecified atom stereocenters. The first-order valence-electron chi connectivity index (χ1n) is 5.34. The number of carbonyl (C=O) groups excluding carboxylic acids is 1. The van der Waals surface area contributed by atoms with E-state index in [1.165, 1.54) is 12.1 Å². The minimum Gasteiger partial charge on any atom is -0.365 e. The van der Waals surface area contributed by atoms with E-state index in [4.69, 9.17) is 0 Å². The number of aldehydes is 1. The molecule has 0 aliphatic carbocycles. The zero-order chi connectivity index (χ0) is 11.5. The minimum atomic E-state index is 0.708. The lowest BCUT2D eigenvalue weighted by molar-refractivity contribution is -0.107. The average molecular weight is 228 g/mol. The molecule has 1 rings (SSSR count). The Bertz CT molecular complexity index is 261. The van der Waals surface area contributed by atoms with Crippen LogP contribution in [0.1, 0.15) is 38.8 Å². The lowest BCUT2D eigenvalue weighted by atomic mass is 10.3. The fraction of sp³-hybridized carbons (Fsp3) is 0.636. The molecule has 1 heterocycles. The van der Waals surface area contributed by atoms with Crippen molar-refractivity contribution in [2.24, 2.45) is 0 Å². The Morgan fingerprint density at radius 1 is 1.47 bits per heavy atom. The highest BCUT2D eigenvalue weighted by atomic mass is 32.1. The van der Waals surface area contributed by atoms with Crippen LogP contribution in [0.5, 0.6) is 0 Å². The zero-order valence-electron chi connectivity index (χ0n) is 9.75. The molecule has 0 spiro atoms. The lowest BCUT2D eigenvalue weighted by Gasteiger charge is -1.89. The third-order valence-electron chi connectivity index (χ3n) is 1.68. The summed E-state index contributed by atoms with van der Waals surface area (Å²) in [5.41, 5.74) is 1.21. The van der Waals surface area contributed by atoms with Gasteiger partial charge in [0.25, 0.3) is 0 Å². The van der Waals surface area contributed by atoms with Crippen LogP contribution in [0, 0.1) is 0 Å². The Balaban J connectivity index is 0.000000336. The van der Waals surface area contributed by atoms with E-state index in [1.807, 2.05) is 14.0 Å². The first-order valence-corrected chi connectivity index (χ1v) is 6.22. The molecule has 0 amide bonds. The van der Waals surface area contributed by atoms with Gasteiger partial charge in [0.1, 0.15) is 6.29 Å². The molecule has 0 radical (unpaired) electrons. The second-order valence-electron chi connectivity index (χ2n) is 3.10. The molecule has 3 nitrogen and oxygen atoms in total. The molecule has 0 saturated heterocycles. The van der Waals surface area contributed by atoms with Crippen LogP contribution in [0.4, 0.5) is 5.13 Å². The summed E-state index contributed by atoms with van der Waals surface area (Å²) < 4.78 is 0. The highest BCUT2D eigenvalue weighted by Gasteiger charge is 1.96. The van der Waals surface area contributed by atoms with E-state index >= 15 is 0 Å². The van der Waals surface area contributed by atoms with Gasteiger partial charge < -0.3 is 10.1 Å². The van der Waals surface area contributed by atoms with Gasteiger partial charge >= 0.3 is 0 Å². The summed E-state index contributed by atoms with van der Waals surface area (Å²) in [4.78, 5) is 13.7. The highest BCUT2D eigenvalue weighted by molar-refractivity contribution is 7.13. The van der Waals surface area contributed by atoms with Gasteiger partial charge in [-0.2, -0.15) is 0 Å². The molecule has 0 aromatic carbocycles. The number of nitrogens with one attached hydrogen (secondary N) is 1. The third kappa shape index (κ3) is 7.08. The lowest BCUT2D eigenvalue weighted by Crippen LogP contribution is -1.87. The van der Waals surface area contributed by atoms with Gasteiger partial charge in [0.15, 0.2) is 5.13 Å². The molecule has 15 heavy (non-hydrogen) atoms. The van der Waals surface area contributed by atoms with Crippen molar-refractivity contribution >= 4 is 22.8 Å². The zero-order valence-corrected chi connectivity index (χ0v) is 10.6. The molecule has 0 aliphatic heterocycles. The molecule has 0 atom stereocenters. The standard InChI is InChI=1S/C7H12N2S.C4H8O/c1-3-4-6-5-10-7(8-2)9-6;1-2-3-4-5/h5H,3-4H2,1-2H3,(H,8,9);4H,2-3H2,1H3. The average Bonchev–Trinajstić information content (AvgIpc) is 2.68. The Hall–Kier alpha value is -0.900. The molecule has 0 fully saturated rings. The summed E-state index contributed by atoms with van der Waals surface area (Å²) in [6, 6.07) is 0. The molecular weight excluding hydrogens is 208 g/mol. The number of hydrogen-bond donors (Lipinski definition) is 1. The van der Waals surface area contributed by atoms with Crippen molar-refractivity contribution < 1.29 is 4.79 Å². The number of anilines is 1. The van der Waals surface area contributed by atoms with Crippen LogP contribution in [-0.2, 0) is 11.2 Å². The van der Waals surface area contributed by atoms with Crippen LogP contribution in [0.2, 0.25) is 0 Å². The van der Waals surface area contributed by atoms with E-state index < -0.39 is 0 Å². The van der Waals surface area contributed by atoms with Gasteiger partial charge in [-0.15, -0.1) is 11.3 Å². The van der Waals surface area contributed by atoms with Crippen LogP contribution < -0.4 is 5.32 Å². The normalized spacial score (nSPS) is 9.00. The summed E-state index contributed by atoms with van der Waals surface area (Å²) in [5.74, 6) is 0. The molecule has 0 saturated carbocycles. The van der Waals surface area contributed by atoms with Crippen molar-refractivity contribution in [2.45, 2.75) is 39.5 Å². The Labute approximate surface area is 95.9 Å². The number of carbonyl (C=O) groups is 1. The van der Waals surface area contributed by atoms with Crippen molar-refractivity contribution in [1.29, 1.82) is 0 Å². The van der Waals surface area contributed by atoms with Crippen LogP contribution in [0.3, 0.4) is 0 Å². The monoisotopic (exact) mass is 228 g/mol. The quantitative estimate of drug-likeness (QED) is 0.787. The molecule has 1 aromatic rings. The maximum Gasteiger partial charge on any atom is 0.182 e. The molecule has 0 aliphatic rings. The van der Waals surface area contributed by atoms with E-state index in [9.17, 15) is 4.79 Å². The van der Waals surface area contributed by atoms with Crippen LogP contribution in [-0.4, -0.2) is 18.3 Å². The van der Waals surface area contributed by atoms with Crippen LogP contribution in [0.25, 0.3) is 0 Å². The molecule has 1 N–H and O–H groups in total. The summed E-state index contributed by atoms with van der Waals surface area (Å²) in [6.07, 6.45) is 4.88. The minimum absolute atomic E-state index is 0.708. The second kappa shape index (κ2) is 9.65. The number of aromatic nitrogens is 1. The third-order valence-corrected chi connectivity index (χ3v) is 2.59. The van der Waals surface area contributed by atoms with Gasteiger partial charge in [-0.3, -0.25) is 0 Å². The molecule has 1 aromatic heterocycles. The van der Waals surface area contributed by atoms with Crippen molar-refractivity contribution in [3.8, 4) is 0 Å². The smallest absolute Gasteiger partial charge is 0.182 e. The van der Waals surface area contributed by atoms with Crippen molar-refractivity contribution in [2.75, 3.05) is 12.4 Å². The number of hydrogen-bond acceptors (Lipinski definition) is 4. The summed E-state index contributed by atoms with van der Waals surface area (Å²) in [6.45, 7) is 4.15. The van der Waals surface area contributed by atoms with Crippen molar-refractivity contribution in [3.05, 3.63) is 11.1 Å². The van der Waals surface area contributed by atoms with Crippen molar-refractivity contribution in [1.82, 2.24) is 4.98 Å². The van der Waals surface area contributed by atoms with E-state index in [1.54, 1.807) is 11.3 Å². The van der Waals surface area contributed by atoms with Gasteiger partial charge in [0.05, 0.1) is 5.69 Å². The van der Waals surface area contributed by atoms with Crippen LogP contribution >= 0.6 is 11.3 Å². The van der Waals surface area contributed by atoms with Gasteiger partial charge in [-0.25, -0.2) is 4.98 Å². The second-order valence-corrected chi connectivity index (χ2v) is 3.96. The number of nitrogens with zero attached hydrogens (tertiary/aromatic N) is 1. The maximum atomic E-state index is 9.40. The van der Waals surface area contributed by atoms with Gasteiger partial charge in [0, 0.05) is 18.8 Å². The Morgan fingerprint density at radius 2 is 2.20 bits per heavy atom. The summed E-state index contributed by atoms with van der Waals surface area (Å²) in [5, 5.41) is 6.14. The van der Waals surface area contributed by atoms with E-state index in [-0.39, 0.29) is 0 Å². The predicted octanol–water partition coefficient (Wildman–Crippen LogP) is 3.12. The topological polar surface area (TPSA) is 42.0 Å². The molecule has 86 valence electrons. The van der Waals surface area contributed by atoms with E-state index in [0.717, 1.165) is 24.3 Å². The van der Waals surface area contributed by atoms with Crippen LogP contribution in [0.15, 0.2) is 5.38 Å². The first kappa shape index (κ1) is 14.1. The van der Waals surface area contributed by atoms with E-state index in [0.29, 0.717) is 6.42 Å². The van der Waals surface area contributed by atoms with Gasteiger partial charge in [-0.1, -0.05) is 20.3 Å². The number of thiazole rings is 1. The summed E-state index contributed by atoms with van der Waals surface area (Å²) in [7, 11) is 1.90. The van der Waals surface area contributed by atoms with Gasteiger partial charge in [0.2, 0.25) is 0 Å². The molecule has 0 bridgehead atoms. The molecule has 4 heteroatoms. The first-order chi connectivity index (χ1) is 7.28.